The quantitative estimate of drug-likeness (QED) is 0.0777. The molecule has 0 fully saturated rings. The summed E-state index contributed by atoms with van der Waals surface area (Å²) in [6.45, 7) is 0. The van der Waals surface area contributed by atoms with Crippen LogP contribution in [0.15, 0.2) is 0 Å². The second-order valence-corrected chi connectivity index (χ2v) is 7.43. The van der Waals surface area contributed by atoms with Crippen LogP contribution in [-0.2, 0) is 43.2 Å². The van der Waals surface area contributed by atoms with E-state index < -0.39 is 109 Å². The van der Waals surface area contributed by atoms with E-state index in [0.717, 1.165) is 0 Å². The first-order chi connectivity index (χ1) is 17.3. The van der Waals surface area contributed by atoms with Crippen molar-refractivity contribution in [3.8, 4) is 0 Å². The second kappa shape index (κ2) is 18.6. The van der Waals surface area contributed by atoms with Gasteiger partial charge in [0, 0.05) is 37.7 Å². The Balaban J connectivity index is -0.000000240. The Labute approximate surface area is 250 Å². The first-order valence-electron chi connectivity index (χ1n) is 9.51. The monoisotopic (exact) mass is 616 g/mol. The Morgan fingerprint density at radius 2 is 0.425 bits per heavy atom. The molecule has 0 aliphatic heterocycles. The molecular weight excluding hydrogens is 592 g/mol. The Hall–Kier alpha value is -3.63. The van der Waals surface area contributed by atoms with Gasteiger partial charge in [0.25, 0.3) is 0 Å². The number of carbonyl (C=O) groups is 9. The van der Waals surface area contributed by atoms with E-state index in [2.05, 4.69) is 0 Å². The molecule has 0 saturated carbocycles. The van der Waals surface area contributed by atoms with E-state index in [-0.39, 0.29) is 37.7 Å². The molecule has 0 aliphatic rings. The summed E-state index contributed by atoms with van der Waals surface area (Å²) in [6.07, 6.45) is -6.87. The maximum atomic E-state index is 10.3. The Morgan fingerprint density at radius 3 is 0.475 bits per heavy atom. The van der Waals surface area contributed by atoms with Crippen molar-refractivity contribution in [2.24, 2.45) is 0 Å². The van der Waals surface area contributed by atoms with Crippen LogP contribution in [0.2, 0.25) is 0 Å². The Morgan fingerprint density at radius 1 is 0.325 bits per heavy atom. The van der Waals surface area contributed by atoms with Crippen molar-refractivity contribution < 1.29 is 104 Å². The molecule has 2 radical (unpaired) electrons. The largest absolute Gasteiger partial charge is 0.481 e. The van der Waals surface area contributed by atoms with Gasteiger partial charge in [-0.1, -0.05) is 0 Å². The van der Waals surface area contributed by atoms with Crippen molar-refractivity contribution >= 4 is 91.5 Å². The standard InChI is InChI=1S/3C6H8O7.Ca/c3*7-3(8)1-6(13,5(11)12)2-4(9)10;/h3*13H,1-2H2,(H,7,8)(H,9,10)(H,11,12);. The molecule has 21 nitrogen and oxygen atoms in total. The summed E-state index contributed by atoms with van der Waals surface area (Å²) in [5.41, 5.74) is -8.22. The molecule has 12 N–H and O–H groups in total. The van der Waals surface area contributed by atoms with E-state index in [0.29, 0.717) is 0 Å². The minimum atomic E-state index is -2.74. The first kappa shape index (κ1) is 43.4. The molecule has 0 spiro atoms. The average Bonchev–Trinajstić information content (AvgIpc) is 2.64. The molecule has 0 aromatic heterocycles. The molecule has 0 heterocycles. The number of aliphatic hydroxyl groups is 3. The van der Waals surface area contributed by atoms with Crippen LogP contribution in [0.4, 0.5) is 0 Å². The number of hydrogen-bond acceptors (Lipinski definition) is 12. The van der Waals surface area contributed by atoms with Gasteiger partial charge in [0.1, 0.15) is 0 Å². The second-order valence-electron chi connectivity index (χ2n) is 7.43. The van der Waals surface area contributed by atoms with Crippen LogP contribution in [0.5, 0.6) is 0 Å². The van der Waals surface area contributed by atoms with Crippen LogP contribution >= 0.6 is 0 Å². The molecule has 22 heteroatoms. The molecule has 0 bridgehead atoms. The molecule has 0 atom stereocenters. The van der Waals surface area contributed by atoms with Crippen LogP contribution in [0.25, 0.3) is 0 Å². The van der Waals surface area contributed by atoms with Gasteiger partial charge in [0.15, 0.2) is 16.8 Å². The summed E-state index contributed by atoms with van der Waals surface area (Å²) in [5.74, 6) is -15.1. The first-order valence-corrected chi connectivity index (χ1v) is 9.51. The maximum Gasteiger partial charge on any atom is 0.336 e. The molecule has 0 aromatic rings. The zero-order valence-electron chi connectivity index (χ0n) is 20.0. The van der Waals surface area contributed by atoms with E-state index in [1.54, 1.807) is 0 Å². The third-order valence-corrected chi connectivity index (χ3v) is 3.86. The average molecular weight is 616 g/mol. The Bertz CT molecular complexity index is 812. The summed E-state index contributed by atoms with van der Waals surface area (Å²) in [7, 11) is 0. The molecule has 0 rings (SSSR count). The third-order valence-electron chi connectivity index (χ3n) is 3.86. The summed E-state index contributed by atoms with van der Waals surface area (Å²) in [4.78, 5) is 91.5. The molecule has 0 amide bonds. The fourth-order valence-corrected chi connectivity index (χ4v) is 2.14. The SMILES string of the molecule is O=C(O)CC(O)(CC(=O)O)C(=O)O.O=C(O)CC(O)(CC(=O)O)C(=O)O.O=C(O)CC(O)(CC(=O)O)C(=O)O.[Ca]. The predicted molar refractivity (Wildman–Crippen MR) is 117 cm³/mol. The third kappa shape index (κ3) is 19.4. The normalized spacial score (nSPS) is 10.6. The van der Waals surface area contributed by atoms with E-state index in [1.807, 2.05) is 0 Å². The van der Waals surface area contributed by atoms with Gasteiger partial charge in [-0.3, -0.25) is 28.8 Å². The van der Waals surface area contributed by atoms with Crippen LogP contribution in [0.1, 0.15) is 38.5 Å². The molecule has 0 unspecified atom stereocenters. The molecular formula is C18H24CaO21. The summed E-state index contributed by atoms with van der Waals surface area (Å²) in [5, 5.41) is 101. The van der Waals surface area contributed by atoms with Gasteiger partial charge < -0.3 is 61.3 Å². The van der Waals surface area contributed by atoms with E-state index >= 15 is 0 Å². The molecule has 0 aliphatic carbocycles. The number of carboxylic acids is 9. The van der Waals surface area contributed by atoms with E-state index in [4.69, 9.17) is 61.3 Å². The minimum absolute atomic E-state index is 0. The topological polar surface area (TPSA) is 396 Å². The van der Waals surface area contributed by atoms with E-state index in [1.165, 1.54) is 0 Å². The van der Waals surface area contributed by atoms with E-state index in [9.17, 15) is 43.2 Å². The zero-order chi connectivity index (χ0) is 31.9. The van der Waals surface area contributed by atoms with Crippen molar-refractivity contribution in [3.05, 3.63) is 0 Å². The van der Waals surface area contributed by atoms with Crippen molar-refractivity contribution in [1.82, 2.24) is 0 Å². The predicted octanol–water partition coefficient (Wildman–Crippen LogP) is -4.13. The van der Waals surface area contributed by atoms with Crippen LogP contribution in [0, 0.1) is 0 Å². The zero-order valence-corrected chi connectivity index (χ0v) is 22.2. The van der Waals surface area contributed by atoms with Crippen LogP contribution in [0.3, 0.4) is 0 Å². The van der Waals surface area contributed by atoms with Gasteiger partial charge in [-0.25, -0.2) is 14.4 Å². The Kier molecular flexibility index (Phi) is 20.2. The van der Waals surface area contributed by atoms with Crippen molar-refractivity contribution in [3.63, 3.8) is 0 Å². The fraction of sp³-hybridized carbons (Fsp3) is 0.500. The number of carboxylic acid groups (broad SMARTS) is 9. The van der Waals surface area contributed by atoms with Gasteiger partial charge >= 0.3 is 53.7 Å². The smallest absolute Gasteiger partial charge is 0.336 e. The molecule has 0 saturated heterocycles. The number of hydrogen-bond donors (Lipinski definition) is 12. The maximum absolute atomic E-state index is 10.3. The van der Waals surface area contributed by atoms with Crippen molar-refractivity contribution in [2.75, 3.05) is 0 Å². The molecule has 40 heavy (non-hydrogen) atoms. The van der Waals surface area contributed by atoms with Crippen molar-refractivity contribution in [2.45, 2.75) is 55.3 Å². The van der Waals surface area contributed by atoms with Gasteiger partial charge in [-0.15, -0.1) is 0 Å². The van der Waals surface area contributed by atoms with Crippen molar-refractivity contribution in [1.29, 1.82) is 0 Å². The minimum Gasteiger partial charge on any atom is -0.481 e. The summed E-state index contributed by atoms with van der Waals surface area (Å²) in [6, 6.07) is 0. The fourth-order valence-electron chi connectivity index (χ4n) is 2.14. The van der Waals surface area contributed by atoms with Crippen LogP contribution in [-0.4, -0.2) is 170 Å². The molecule has 0 aromatic carbocycles. The van der Waals surface area contributed by atoms with Gasteiger partial charge in [-0.05, 0) is 0 Å². The summed E-state index contributed by atoms with van der Waals surface area (Å²) < 4.78 is 0. The van der Waals surface area contributed by atoms with Gasteiger partial charge in [0.2, 0.25) is 0 Å². The summed E-state index contributed by atoms with van der Waals surface area (Å²) >= 11 is 0. The van der Waals surface area contributed by atoms with Gasteiger partial charge in [-0.2, -0.15) is 0 Å². The molecule has 224 valence electrons. The van der Waals surface area contributed by atoms with Gasteiger partial charge in [0.05, 0.1) is 38.5 Å². The van der Waals surface area contributed by atoms with Crippen LogP contribution < -0.4 is 0 Å². The number of aliphatic carboxylic acids is 9. The number of rotatable bonds is 15.